The van der Waals surface area contributed by atoms with Gasteiger partial charge in [0.25, 0.3) is 5.91 Å². The summed E-state index contributed by atoms with van der Waals surface area (Å²) < 4.78 is 2.06. The van der Waals surface area contributed by atoms with E-state index in [-0.39, 0.29) is 5.91 Å². The van der Waals surface area contributed by atoms with Crippen LogP contribution in [0.15, 0.2) is 52.4 Å². The minimum absolute atomic E-state index is 0.0152. The number of amides is 1. The van der Waals surface area contributed by atoms with E-state index in [2.05, 4.69) is 9.56 Å². The highest BCUT2D eigenvalue weighted by Gasteiger charge is 2.30. The minimum atomic E-state index is -0.0152. The SMILES string of the molecule is Cc1ccc(/C=C2\SC(=Nc3ccccc3)N(C)C2=O)n1C. The second-order valence-electron chi connectivity index (χ2n) is 5.16. The lowest BCUT2D eigenvalue weighted by Gasteiger charge is -2.06. The van der Waals surface area contributed by atoms with Crippen LogP contribution in [-0.4, -0.2) is 27.6 Å². The number of carbonyl (C=O) groups is 1. The van der Waals surface area contributed by atoms with Crippen LogP contribution in [0.2, 0.25) is 0 Å². The monoisotopic (exact) mass is 311 g/mol. The molecule has 22 heavy (non-hydrogen) atoms. The van der Waals surface area contributed by atoms with Gasteiger partial charge in [0.2, 0.25) is 0 Å². The van der Waals surface area contributed by atoms with Gasteiger partial charge >= 0.3 is 0 Å². The summed E-state index contributed by atoms with van der Waals surface area (Å²) in [6.07, 6.45) is 1.92. The summed E-state index contributed by atoms with van der Waals surface area (Å²) in [6, 6.07) is 13.7. The molecule has 1 amide bonds. The lowest BCUT2D eigenvalue weighted by Crippen LogP contribution is -2.23. The first kappa shape index (κ1) is 14.7. The molecule has 1 aromatic carbocycles. The number of hydrogen-bond donors (Lipinski definition) is 0. The van der Waals surface area contributed by atoms with Gasteiger partial charge < -0.3 is 4.57 Å². The number of benzene rings is 1. The standard InChI is InChI=1S/C17H17N3OS/c1-12-9-10-14(19(12)2)11-15-16(21)20(3)17(22-15)18-13-7-5-4-6-8-13/h4-11H,1-3H3/b15-11-,18-17?. The normalized spacial score (nSPS) is 18.7. The second kappa shape index (κ2) is 5.85. The van der Waals surface area contributed by atoms with E-state index in [4.69, 9.17) is 0 Å². The number of para-hydroxylation sites is 1. The highest BCUT2D eigenvalue weighted by molar-refractivity contribution is 8.18. The number of nitrogens with zero attached hydrogens (tertiary/aromatic N) is 3. The Labute approximate surface area is 134 Å². The predicted molar refractivity (Wildman–Crippen MR) is 92.0 cm³/mol. The number of aliphatic imine (C=N–C) groups is 1. The van der Waals surface area contributed by atoms with Gasteiger partial charge in [0, 0.05) is 25.5 Å². The third-order valence-corrected chi connectivity index (χ3v) is 4.74. The van der Waals surface area contributed by atoms with Gasteiger partial charge in [0.05, 0.1) is 10.6 Å². The van der Waals surface area contributed by atoms with Gasteiger partial charge in [-0.2, -0.15) is 0 Å². The number of rotatable bonds is 2. The Morgan fingerprint density at radius 1 is 1.09 bits per heavy atom. The number of amidine groups is 1. The van der Waals surface area contributed by atoms with Gasteiger partial charge in [-0.1, -0.05) is 18.2 Å². The number of hydrogen-bond acceptors (Lipinski definition) is 3. The zero-order valence-corrected chi connectivity index (χ0v) is 13.6. The van der Waals surface area contributed by atoms with Gasteiger partial charge in [0.15, 0.2) is 5.17 Å². The van der Waals surface area contributed by atoms with E-state index in [0.717, 1.165) is 17.1 Å². The van der Waals surface area contributed by atoms with Crippen molar-refractivity contribution in [3.8, 4) is 0 Å². The van der Waals surface area contributed by atoms with Crippen molar-refractivity contribution in [3.63, 3.8) is 0 Å². The van der Waals surface area contributed by atoms with E-state index in [1.807, 2.05) is 62.5 Å². The molecule has 1 aromatic heterocycles. The molecule has 2 heterocycles. The van der Waals surface area contributed by atoms with Crippen LogP contribution in [0.25, 0.3) is 6.08 Å². The van der Waals surface area contributed by atoms with Gasteiger partial charge in [-0.05, 0) is 49.0 Å². The molecule has 1 saturated heterocycles. The first-order valence-electron chi connectivity index (χ1n) is 7.00. The van der Waals surface area contributed by atoms with Crippen LogP contribution in [0.5, 0.6) is 0 Å². The van der Waals surface area contributed by atoms with Crippen LogP contribution >= 0.6 is 11.8 Å². The summed E-state index contributed by atoms with van der Waals surface area (Å²) in [5.41, 5.74) is 3.03. The Balaban J connectivity index is 1.92. The molecule has 3 rings (SSSR count). The lowest BCUT2D eigenvalue weighted by atomic mass is 10.3. The van der Waals surface area contributed by atoms with Crippen molar-refractivity contribution in [2.45, 2.75) is 6.92 Å². The van der Waals surface area contributed by atoms with Gasteiger partial charge in [-0.25, -0.2) is 4.99 Å². The van der Waals surface area contributed by atoms with E-state index in [0.29, 0.717) is 10.1 Å². The van der Waals surface area contributed by atoms with Crippen molar-refractivity contribution in [2.75, 3.05) is 7.05 Å². The molecule has 0 saturated carbocycles. The molecule has 1 aliphatic heterocycles. The molecule has 1 aliphatic rings. The van der Waals surface area contributed by atoms with Crippen LogP contribution < -0.4 is 0 Å². The van der Waals surface area contributed by atoms with Gasteiger partial charge in [-0.3, -0.25) is 9.69 Å². The molecule has 0 aliphatic carbocycles. The number of carbonyl (C=O) groups excluding carboxylic acids is 1. The van der Waals surface area contributed by atoms with Crippen LogP contribution in [0.4, 0.5) is 5.69 Å². The fourth-order valence-electron chi connectivity index (χ4n) is 2.18. The zero-order chi connectivity index (χ0) is 15.7. The molecule has 0 atom stereocenters. The van der Waals surface area contributed by atoms with Crippen molar-refractivity contribution >= 4 is 34.6 Å². The third-order valence-electron chi connectivity index (χ3n) is 3.68. The quantitative estimate of drug-likeness (QED) is 0.795. The molecule has 0 N–H and O–H groups in total. The van der Waals surface area contributed by atoms with E-state index >= 15 is 0 Å². The Bertz CT molecular complexity index is 774. The van der Waals surface area contributed by atoms with Crippen LogP contribution in [0, 0.1) is 6.92 Å². The predicted octanol–water partition coefficient (Wildman–Crippen LogP) is 3.57. The van der Waals surface area contributed by atoms with E-state index < -0.39 is 0 Å². The summed E-state index contributed by atoms with van der Waals surface area (Å²) >= 11 is 1.41. The summed E-state index contributed by atoms with van der Waals surface area (Å²) in [6.45, 7) is 2.04. The van der Waals surface area contributed by atoms with Crippen molar-refractivity contribution < 1.29 is 4.79 Å². The molecular formula is C17H17N3OS. The first-order chi connectivity index (χ1) is 10.6. The fraction of sp³-hybridized carbons (Fsp3) is 0.176. The molecular weight excluding hydrogens is 294 g/mol. The average Bonchev–Trinajstić information content (AvgIpc) is 2.97. The third kappa shape index (κ3) is 2.72. The van der Waals surface area contributed by atoms with Crippen LogP contribution in [0.1, 0.15) is 11.4 Å². The molecule has 0 radical (unpaired) electrons. The maximum atomic E-state index is 12.4. The van der Waals surface area contributed by atoms with Gasteiger partial charge in [0.1, 0.15) is 0 Å². The second-order valence-corrected chi connectivity index (χ2v) is 6.17. The van der Waals surface area contributed by atoms with Crippen molar-refractivity contribution in [1.29, 1.82) is 0 Å². The summed E-state index contributed by atoms with van der Waals surface area (Å²) in [5.74, 6) is -0.0152. The van der Waals surface area contributed by atoms with Crippen LogP contribution in [0.3, 0.4) is 0 Å². The van der Waals surface area contributed by atoms with E-state index in [9.17, 15) is 4.79 Å². The Kier molecular flexibility index (Phi) is 3.90. The minimum Gasteiger partial charge on any atom is -0.348 e. The molecule has 1 fully saturated rings. The molecule has 0 unspecified atom stereocenters. The van der Waals surface area contributed by atoms with Crippen molar-refractivity contribution in [1.82, 2.24) is 9.47 Å². The highest BCUT2D eigenvalue weighted by Crippen LogP contribution is 2.33. The molecule has 2 aromatic rings. The van der Waals surface area contributed by atoms with Crippen molar-refractivity contribution in [2.24, 2.45) is 12.0 Å². The van der Waals surface area contributed by atoms with E-state index in [1.54, 1.807) is 11.9 Å². The smallest absolute Gasteiger partial charge is 0.266 e. The Morgan fingerprint density at radius 3 is 2.45 bits per heavy atom. The fourth-order valence-corrected chi connectivity index (χ4v) is 3.15. The zero-order valence-electron chi connectivity index (χ0n) is 12.8. The van der Waals surface area contributed by atoms with Crippen molar-refractivity contribution in [3.05, 3.63) is 58.8 Å². The maximum absolute atomic E-state index is 12.4. The maximum Gasteiger partial charge on any atom is 0.266 e. The average molecular weight is 311 g/mol. The first-order valence-corrected chi connectivity index (χ1v) is 7.81. The highest BCUT2D eigenvalue weighted by atomic mass is 32.2. The Hall–Kier alpha value is -2.27. The summed E-state index contributed by atoms with van der Waals surface area (Å²) in [7, 11) is 3.75. The number of likely N-dealkylation sites (N-methyl/N-ethyl adjacent to an activating group) is 1. The van der Waals surface area contributed by atoms with Crippen LogP contribution in [-0.2, 0) is 11.8 Å². The number of aromatic nitrogens is 1. The lowest BCUT2D eigenvalue weighted by molar-refractivity contribution is -0.121. The molecule has 112 valence electrons. The number of thioether (sulfide) groups is 1. The largest absolute Gasteiger partial charge is 0.348 e. The molecule has 5 heteroatoms. The van der Waals surface area contributed by atoms with E-state index in [1.165, 1.54) is 11.8 Å². The molecule has 4 nitrogen and oxygen atoms in total. The number of aryl methyl sites for hydroxylation is 1. The summed E-state index contributed by atoms with van der Waals surface area (Å²) in [5, 5.41) is 0.702. The molecule has 0 bridgehead atoms. The summed E-state index contributed by atoms with van der Waals surface area (Å²) in [4.78, 5) is 19.2. The topological polar surface area (TPSA) is 37.6 Å². The Morgan fingerprint density at radius 2 is 1.82 bits per heavy atom. The molecule has 0 spiro atoms. The van der Waals surface area contributed by atoms with Gasteiger partial charge in [-0.15, -0.1) is 0 Å².